The molecule has 188 valence electrons. The topological polar surface area (TPSA) is 79.8 Å². The highest BCUT2D eigenvalue weighted by Crippen LogP contribution is 2.28. The van der Waals surface area contributed by atoms with Crippen LogP contribution in [0.2, 0.25) is 0 Å². The third-order valence-electron chi connectivity index (χ3n) is 6.79. The highest BCUT2D eigenvalue weighted by atomic mass is 16.5. The van der Waals surface area contributed by atoms with Crippen LogP contribution >= 0.6 is 0 Å². The average Bonchev–Trinajstić information content (AvgIpc) is 2.87. The number of carbonyl (C=O) groups excluding carboxylic acids is 3. The Kier molecular flexibility index (Phi) is 7.67. The van der Waals surface area contributed by atoms with Crippen molar-refractivity contribution in [2.24, 2.45) is 5.92 Å². The van der Waals surface area contributed by atoms with Gasteiger partial charge in [0.1, 0.15) is 0 Å². The van der Waals surface area contributed by atoms with E-state index in [4.69, 9.17) is 9.72 Å². The number of benzene rings is 2. The molecule has 1 fully saturated rings. The molecule has 1 aliphatic rings. The van der Waals surface area contributed by atoms with Crippen molar-refractivity contribution < 1.29 is 19.1 Å². The van der Waals surface area contributed by atoms with Crippen LogP contribution in [0.15, 0.2) is 48.5 Å². The number of aromatic nitrogens is 1. The van der Waals surface area contributed by atoms with E-state index >= 15 is 0 Å². The number of aryl methyl sites for hydroxylation is 2. The van der Waals surface area contributed by atoms with Gasteiger partial charge >= 0.3 is 5.97 Å². The van der Waals surface area contributed by atoms with Gasteiger partial charge in [-0.15, -0.1) is 0 Å². The van der Waals surface area contributed by atoms with Crippen molar-refractivity contribution in [2.75, 3.05) is 33.3 Å². The van der Waals surface area contributed by atoms with Gasteiger partial charge in [0.25, 0.3) is 5.91 Å². The Morgan fingerprint density at radius 2 is 1.78 bits per heavy atom. The highest BCUT2D eigenvalue weighted by molar-refractivity contribution is 6.08. The number of amides is 2. The van der Waals surface area contributed by atoms with Crippen LogP contribution in [0.3, 0.4) is 0 Å². The summed E-state index contributed by atoms with van der Waals surface area (Å²) in [6.45, 7) is 7.18. The standard InChI is InChI=1S/C29H33N3O4/c1-5-36-29(35)21-12-14-32(15-13-21)27(33)18-31(4)28(34)24-17-26(22-11-10-19(2)16-20(22)3)30-25-9-7-6-8-23(24)25/h6-11,16-17,21H,5,12-15,18H2,1-4H3. The number of nitrogens with zero attached hydrogens (tertiary/aromatic N) is 3. The first-order valence-corrected chi connectivity index (χ1v) is 12.5. The molecule has 0 saturated carbocycles. The zero-order valence-corrected chi connectivity index (χ0v) is 21.4. The van der Waals surface area contributed by atoms with Crippen LogP contribution in [0.4, 0.5) is 0 Å². The number of para-hydroxylation sites is 1. The molecule has 0 N–H and O–H groups in total. The van der Waals surface area contributed by atoms with Crippen LogP contribution in [-0.2, 0) is 14.3 Å². The number of pyridine rings is 1. The smallest absolute Gasteiger partial charge is 0.309 e. The minimum absolute atomic E-state index is 0.0293. The minimum atomic E-state index is -0.227. The van der Waals surface area contributed by atoms with Gasteiger partial charge in [0.05, 0.1) is 35.8 Å². The molecule has 36 heavy (non-hydrogen) atoms. The molecule has 0 bridgehead atoms. The number of ether oxygens (including phenoxy) is 1. The van der Waals surface area contributed by atoms with E-state index < -0.39 is 0 Å². The van der Waals surface area contributed by atoms with E-state index in [1.807, 2.05) is 56.3 Å². The molecule has 0 atom stereocenters. The fraction of sp³-hybridized carbons (Fsp3) is 0.379. The second-order valence-electron chi connectivity index (χ2n) is 9.46. The lowest BCUT2D eigenvalue weighted by molar-refractivity contribution is -0.151. The molecule has 2 amide bonds. The summed E-state index contributed by atoms with van der Waals surface area (Å²) < 4.78 is 5.11. The van der Waals surface area contributed by atoms with E-state index in [1.54, 1.807) is 18.9 Å². The number of rotatable bonds is 6. The maximum absolute atomic E-state index is 13.6. The second-order valence-corrected chi connectivity index (χ2v) is 9.46. The molecule has 0 aliphatic carbocycles. The molecule has 4 rings (SSSR count). The Morgan fingerprint density at radius 1 is 1.06 bits per heavy atom. The van der Waals surface area contributed by atoms with Gasteiger partial charge < -0.3 is 14.5 Å². The van der Waals surface area contributed by atoms with Gasteiger partial charge in [0.2, 0.25) is 5.91 Å². The Hall–Kier alpha value is -3.74. The summed E-state index contributed by atoms with van der Waals surface area (Å²) in [6, 6.07) is 15.6. The zero-order chi connectivity index (χ0) is 25.8. The molecule has 1 aromatic heterocycles. The molecule has 7 heteroatoms. The molecule has 2 heterocycles. The third kappa shape index (κ3) is 5.40. The molecule has 2 aromatic carbocycles. The largest absolute Gasteiger partial charge is 0.466 e. The van der Waals surface area contributed by atoms with Crippen molar-refractivity contribution in [3.8, 4) is 11.3 Å². The number of hydrogen-bond acceptors (Lipinski definition) is 5. The van der Waals surface area contributed by atoms with E-state index in [0.717, 1.165) is 33.3 Å². The number of likely N-dealkylation sites (tertiary alicyclic amines) is 1. The lowest BCUT2D eigenvalue weighted by Crippen LogP contribution is -2.45. The first-order chi connectivity index (χ1) is 17.3. The minimum Gasteiger partial charge on any atom is -0.466 e. The van der Waals surface area contributed by atoms with Crippen LogP contribution in [-0.4, -0.2) is 65.9 Å². The van der Waals surface area contributed by atoms with Crippen molar-refractivity contribution in [3.63, 3.8) is 0 Å². The maximum atomic E-state index is 13.6. The first-order valence-electron chi connectivity index (χ1n) is 12.5. The number of esters is 1. The molecule has 0 unspecified atom stereocenters. The Balaban J connectivity index is 1.53. The number of hydrogen-bond donors (Lipinski definition) is 0. The molecular weight excluding hydrogens is 454 g/mol. The summed E-state index contributed by atoms with van der Waals surface area (Å²) in [5.41, 5.74) is 5.22. The maximum Gasteiger partial charge on any atom is 0.309 e. The van der Waals surface area contributed by atoms with E-state index in [9.17, 15) is 14.4 Å². The van der Waals surface area contributed by atoms with Crippen LogP contribution in [0.1, 0.15) is 41.3 Å². The summed E-state index contributed by atoms with van der Waals surface area (Å²) in [6.07, 6.45) is 1.16. The molecule has 0 radical (unpaired) electrons. The summed E-state index contributed by atoms with van der Waals surface area (Å²) in [5, 5.41) is 0.755. The summed E-state index contributed by atoms with van der Waals surface area (Å²) in [4.78, 5) is 46.6. The SMILES string of the molecule is CCOC(=O)C1CCN(C(=O)CN(C)C(=O)c2cc(-c3ccc(C)cc3C)nc3ccccc23)CC1. The van der Waals surface area contributed by atoms with Gasteiger partial charge in [-0.1, -0.05) is 42.0 Å². The Morgan fingerprint density at radius 3 is 2.47 bits per heavy atom. The van der Waals surface area contributed by atoms with Gasteiger partial charge in [0.15, 0.2) is 0 Å². The fourth-order valence-corrected chi connectivity index (χ4v) is 4.80. The highest BCUT2D eigenvalue weighted by Gasteiger charge is 2.29. The molecule has 7 nitrogen and oxygen atoms in total. The lowest BCUT2D eigenvalue weighted by Gasteiger charge is -2.32. The van der Waals surface area contributed by atoms with Crippen molar-refractivity contribution in [1.29, 1.82) is 0 Å². The van der Waals surface area contributed by atoms with Crippen molar-refractivity contribution in [1.82, 2.24) is 14.8 Å². The Bertz CT molecular complexity index is 1290. The predicted octanol–water partition coefficient (Wildman–Crippen LogP) is 4.39. The first kappa shape index (κ1) is 25.4. The molecule has 1 aliphatic heterocycles. The van der Waals surface area contributed by atoms with E-state index in [2.05, 4.69) is 6.07 Å². The van der Waals surface area contributed by atoms with Crippen LogP contribution in [0.25, 0.3) is 22.2 Å². The van der Waals surface area contributed by atoms with Crippen LogP contribution in [0.5, 0.6) is 0 Å². The Labute approximate surface area is 212 Å². The monoisotopic (exact) mass is 487 g/mol. The van der Waals surface area contributed by atoms with Gasteiger partial charge in [-0.05, 0) is 51.3 Å². The number of carbonyl (C=O) groups is 3. The number of fused-ring (bicyclic) bond motifs is 1. The average molecular weight is 488 g/mol. The normalized spacial score (nSPS) is 14.1. The number of piperidine rings is 1. The fourth-order valence-electron chi connectivity index (χ4n) is 4.80. The van der Waals surface area contributed by atoms with E-state index in [-0.39, 0.29) is 30.2 Å². The molecule has 1 saturated heterocycles. The predicted molar refractivity (Wildman–Crippen MR) is 140 cm³/mol. The van der Waals surface area contributed by atoms with Crippen molar-refractivity contribution >= 4 is 28.7 Å². The van der Waals surface area contributed by atoms with Crippen molar-refractivity contribution in [2.45, 2.75) is 33.6 Å². The van der Waals surface area contributed by atoms with Gasteiger partial charge in [-0.25, -0.2) is 4.98 Å². The van der Waals surface area contributed by atoms with Crippen molar-refractivity contribution in [3.05, 3.63) is 65.2 Å². The van der Waals surface area contributed by atoms with Crippen LogP contribution < -0.4 is 0 Å². The second kappa shape index (κ2) is 10.9. The molecule has 0 spiro atoms. The van der Waals surface area contributed by atoms with Gasteiger partial charge in [-0.2, -0.15) is 0 Å². The summed E-state index contributed by atoms with van der Waals surface area (Å²) in [7, 11) is 1.65. The number of likely N-dealkylation sites (N-methyl/N-ethyl adjacent to an activating group) is 1. The van der Waals surface area contributed by atoms with E-state index in [0.29, 0.717) is 38.1 Å². The molecular formula is C29H33N3O4. The van der Waals surface area contributed by atoms with E-state index in [1.165, 1.54) is 4.90 Å². The lowest BCUT2D eigenvalue weighted by atomic mass is 9.97. The summed E-state index contributed by atoms with van der Waals surface area (Å²) in [5.74, 6) is -0.711. The van der Waals surface area contributed by atoms with Crippen LogP contribution in [0, 0.1) is 19.8 Å². The summed E-state index contributed by atoms with van der Waals surface area (Å²) >= 11 is 0. The van der Waals surface area contributed by atoms with Gasteiger partial charge in [-0.3, -0.25) is 14.4 Å². The molecule has 3 aromatic rings. The van der Waals surface area contributed by atoms with Gasteiger partial charge in [0, 0.05) is 31.1 Å². The quantitative estimate of drug-likeness (QED) is 0.482. The third-order valence-corrected chi connectivity index (χ3v) is 6.79. The zero-order valence-electron chi connectivity index (χ0n) is 21.4.